The first-order chi connectivity index (χ1) is 14.2. The molecule has 0 radical (unpaired) electrons. The van der Waals surface area contributed by atoms with Crippen molar-refractivity contribution in [3.05, 3.63) is 52.8 Å². The van der Waals surface area contributed by atoms with Gasteiger partial charge in [0.1, 0.15) is 11.5 Å². The van der Waals surface area contributed by atoms with E-state index < -0.39 is 0 Å². The van der Waals surface area contributed by atoms with E-state index in [1.54, 1.807) is 18.5 Å². The van der Waals surface area contributed by atoms with Gasteiger partial charge < -0.3 is 14.9 Å². The van der Waals surface area contributed by atoms with Crippen LogP contribution in [0.4, 0.5) is 5.82 Å². The van der Waals surface area contributed by atoms with E-state index in [4.69, 9.17) is 0 Å². The van der Waals surface area contributed by atoms with Crippen molar-refractivity contribution < 1.29 is 0 Å². The molecule has 8 heteroatoms. The molecule has 6 heterocycles. The van der Waals surface area contributed by atoms with Gasteiger partial charge in [0.25, 0.3) is 0 Å². The molecule has 0 aromatic carbocycles. The Morgan fingerprint density at radius 1 is 1.14 bits per heavy atom. The van der Waals surface area contributed by atoms with Crippen LogP contribution in [0.15, 0.2) is 41.6 Å². The number of aromatic nitrogens is 5. The predicted octanol–water partition coefficient (Wildman–Crippen LogP) is 2.85. The summed E-state index contributed by atoms with van der Waals surface area (Å²) in [6, 6.07) is 8.57. The molecule has 0 saturated carbocycles. The van der Waals surface area contributed by atoms with Crippen LogP contribution >= 0.6 is 0 Å². The summed E-state index contributed by atoms with van der Waals surface area (Å²) in [4.78, 5) is 30.3. The lowest BCUT2D eigenvalue weighted by atomic mass is 9.96. The molecule has 0 spiro atoms. The fourth-order valence-electron chi connectivity index (χ4n) is 5.33. The molecule has 4 aromatic rings. The standard InChI is InChI=1S/C21H19N7O/c22-10-12-3-5-23-18(7-12)27-13-1-2-14(27)9-15(8-13)28-19-16-4-6-24-20(16)25-11-17(19)26-21(28)29/h3-7,11,13-15H,1-2,8-9H2,(H,24,25)(H,26,29)/t13-,14+,15+. The number of rotatable bonds is 2. The van der Waals surface area contributed by atoms with Gasteiger partial charge in [0.2, 0.25) is 0 Å². The number of imidazole rings is 1. The molecule has 2 N–H and O–H groups in total. The second kappa shape index (κ2) is 5.95. The molecule has 0 aliphatic carbocycles. The van der Waals surface area contributed by atoms with Crippen molar-refractivity contribution in [1.29, 1.82) is 5.26 Å². The molecule has 2 aliphatic rings. The smallest absolute Gasteiger partial charge is 0.326 e. The fraction of sp³-hybridized carbons (Fsp3) is 0.333. The van der Waals surface area contributed by atoms with Gasteiger partial charge in [-0.15, -0.1) is 0 Å². The molecule has 2 bridgehead atoms. The van der Waals surface area contributed by atoms with E-state index in [9.17, 15) is 10.1 Å². The Labute approximate surface area is 165 Å². The minimum atomic E-state index is -0.0713. The summed E-state index contributed by atoms with van der Waals surface area (Å²) < 4.78 is 1.94. The Morgan fingerprint density at radius 3 is 2.76 bits per heavy atom. The van der Waals surface area contributed by atoms with E-state index in [0.29, 0.717) is 17.6 Å². The van der Waals surface area contributed by atoms with E-state index in [2.05, 4.69) is 30.9 Å². The van der Waals surface area contributed by atoms with Crippen LogP contribution < -0.4 is 10.6 Å². The molecular weight excluding hydrogens is 366 g/mol. The first-order valence-electron chi connectivity index (χ1n) is 9.93. The molecule has 0 unspecified atom stereocenters. The van der Waals surface area contributed by atoms with Crippen molar-refractivity contribution in [3.63, 3.8) is 0 Å². The van der Waals surface area contributed by atoms with Gasteiger partial charge in [0.05, 0.1) is 28.9 Å². The Balaban J connectivity index is 1.41. The Hall–Kier alpha value is -3.60. The van der Waals surface area contributed by atoms with Crippen molar-refractivity contribution in [2.24, 2.45) is 0 Å². The third-order valence-electron chi connectivity index (χ3n) is 6.47. The third-order valence-corrected chi connectivity index (χ3v) is 6.47. The lowest BCUT2D eigenvalue weighted by Crippen LogP contribution is -2.45. The molecule has 4 aromatic heterocycles. The van der Waals surface area contributed by atoms with Gasteiger partial charge >= 0.3 is 5.69 Å². The summed E-state index contributed by atoms with van der Waals surface area (Å²) in [5, 5.41) is 10.2. The Morgan fingerprint density at radius 2 is 1.97 bits per heavy atom. The van der Waals surface area contributed by atoms with Gasteiger partial charge in [-0.3, -0.25) is 4.57 Å². The molecule has 2 aliphatic heterocycles. The second-order valence-electron chi connectivity index (χ2n) is 7.99. The van der Waals surface area contributed by atoms with Crippen molar-refractivity contribution in [1.82, 2.24) is 24.5 Å². The quantitative estimate of drug-likeness (QED) is 0.552. The normalized spacial score (nSPS) is 23.7. The Bertz CT molecular complexity index is 1330. The number of piperidine rings is 1. The van der Waals surface area contributed by atoms with Crippen LogP contribution in [0.25, 0.3) is 22.1 Å². The first-order valence-corrected chi connectivity index (χ1v) is 9.93. The van der Waals surface area contributed by atoms with Crippen LogP contribution in [0.5, 0.6) is 0 Å². The molecular formula is C21H19N7O. The zero-order valence-electron chi connectivity index (χ0n) is 15.7. The van der Waals surface area contributed by atoms with E-state index in [1.807, 2.05) is 22.9 Å². The molecule has 2 fully saturated rings. The second-order valence-corrected chi connectivity index (χ2v) is 7.99. The highest BCUT2D eigenvalue weighted by molar-refractivity contribution is 6.00. The Kier molecular flexibility index (Phi) is 3.36. The molecule has 29 heavy (non-hydrogen) atoms. The van der Waals surface area contributed by atoms with Crippen LogP contribution in [0.2, 0.25) is 0 Å². The van der Waals surface area contributed by atoms with Gasteiger partial charge in [-0.25, -0.2) is 14.8 Å². The summed E-state index contributed by atoms with van der Waals surface area (Å²) >= 11 is 0. The molecule has 144 valence electrons. The van der Waals surface area contributed by atoms with Gasteiger partial charge in [-0.2, -0.15) is 5.26 Å². The first kappa shape index (κ1) is 16.4. The van der Waals surface area contributed by atoms with E-state index in [0.717, 1.165) is 53.6 Å². The number of nitriles is 1. The van der Waals surface area contributed by atoms with Gasteiger partial charge in [0.15, 0.2) is 0 Å². The number of H-pyrrole nitrogens is 2. The average Bonchev–Trinajstić information content (AvgIpc) is 3.41. The molecule has 8 nitrogen and oxygen atoms in total. The van der Waals surface area contributed by atoms with Gasteiger partial charge in [-0.1, -0.05) is 0 Å². The summed E-state index contributed by atoms with van der Waals surface area (Å²) in [6.45, 7) is 0. The molecule has 3 atom stereocenters. The third kappa shape index (κ3) is 2.34. The lowest BCUT2D eigenvalue weighted by molar-refractivity contribution is 0.335. The highest BCUT2D eigenvalue weighted by Crippen LogP contribution is 2.43. The SMILES string of the molecule is N#Cc1ccnc(N2[C@@H]3CC[C@H]2C[C@@H](n2c(=O)[nH]c4cnc5[nH]ccc5c42)C3)c1. The molecule has 2 saturated heterocycles. The monoisotopic (exact) mass is 385 g/mol. The van der Waals surface area contributed by atoms with Crippen molar-refractivity contribution in [3.8, 4) is 6.07 Å². The van der Waals surface area contributed by atoms with Crippen molar-refractivity contribution in [2.45, 2.75) is 43.8 Å². The van der Waals surface area contributed by atoms with E-state index in [-0.39, 0.29) is 11.7 Å². The van der Waals surface area contributed by atoms with E-state index in [1.165, 1.54) is 0 Å². The number of nitrogens with zero attached hydrogens (tertiary/aromatic N) is 5. The van der Waals surface area contributed by atoms with Crippen molar-refractivity contribution >= 4 is 27.9 Å². The number of aromatic amines is 2. The number of nitrogens with one attached hydrogen (secondary N) is 2. The highest BCUT2D eigenvalue weighted by atomic mass is 16.1. The van der Waals surface area contributed by atoms with Crippen LogP contribution in [-0.2, 0) is 0 Å². The van der Waals surface area contributed by atoms with Crippen molar-refractivity contribution in [2.75, 3.05) is 4.90 Å². The van der Waals surface area contributed by atoms with Crippen LogP contribution in [0, 0.1) is 11.3 Å². The van der Waals surface area contributed by atoms with Crippen LogP contribution in [0.1, 0.15) is 37.3 Å². The number of fused-ring (bicyclic) bond motifs is 5. The topological polar surface area (TPSA) is 106 Å². The largest absolute Gasteiger partial charge is 0.350 e. The van der Waals surface area contributed by atoms with Gasteiger partial charge in [-0.05, 0) is 43.9 Å². The van der Waals surface area contributed by atoms with Crippen LogP contribution in [0.3, 0.4) is 0 Å². The minimum absolute atomic E-state index is 0.0713. The molecule has 0 amide bonds. The maximum Gasteiger partial charge on any atom is 0.326 e. The van der Waals surface area contributed by atoms with E-state index >= 15 is 0 Å². The predicted molar refractivity (Wildman–Crippen MR) is 109 cm³/mol. The number of anilines is 1. The summed E-state index contributed by atoms with van der Waals surface area (Å²) in [5.41, 5.74) is 3.07. The zero-order chi connectivity index (χ0) is 19.5. The van der Waals surface area contributed by atoms with Gasteiger partial charge in [0, 0.05) is 35.9 Å². The maximum absolute atomic E-state index is 12.9. The zero-order valence-corrected chi connectivity index (χ0v) is 15.7. The summed E-state index contributed by atoms with van der Waals surface area (Å²) in [6.07, 6.45) is 9.23. The number of pyridine rings is 2. The lowest BCUT2D eigenvalue weighted by Gasteiger charge is -2.40. The summed E-state index contributed by atoms with van der Waals surface area (Å²) in [7, 11) is 0. The number of hydrogen-bond donors (Lipinski definition) is 2. The fourth-order valence-corrected chi connectivity index (χ4v) is 5.33. The average molecular weight is 385 g/mol. The highest BCUT2D eigenvalue weighted by Gasteiger charge is 2.42. The minimum Gasteiger partial charge on any atom is -0.350 e. The number of hydrogen-bond acceptors (Lipinski definition) is 5. The summed E-state index contributed by atoms with van der Waals surface area (Å²) in [5.74, 6) is 0.874. The molecule has 6 rings (SSSR count). The maximum atomic E-state index is 12.9. The van der Waals surface area contributed by atoms with Crippen LogP contribution in [-0.4, -0.2) is 36.6 Å².